The maximum absolute atomic E-state index is 11.9. The van der Waals surface area contributed by atoms with Crippen LogP contribution in [0, 0.1) is 5.92 Å². The molecule has 0 aliphatic carbocycles. The monoisotopic (exact) mass is 292 g/mol. The van der Waals surface area contributed by atoms with Crippen LogP contribution in [0.2, 0.25) is 0 Å². The molecule has 2 rings (SSSR count). The molecule has 0 saturated carbocycles. The number of benzene rings is 1. The van der Waals surface area contributed by atoms with Gasteiger partial charge in [0.15, 0.2) is 0 Å². The van der Waals surface area contributed by atoms with E-state index in [2.05, 4.69) is 10.6 Å². The molecule has 0 unspecified atom stereocenters. The minimum Gasteiger partial charge on any atom is -0.507 e. The number of hydrogen-bond acceptors (Lipinski definition) is 4. The van der Waals surface area contributed by atoms with E-state index in [1.165, 1.54) is 18.2 Å². The highest BCUT2D eigenvalue weighted by Gasteiger charge is 2.15. The first kappa shape index (κ1) is 15.3. The van der Waals surface area contributed by atoms with Crippen LogP contribution < -0.4 is 10.6 Å². The van der Waals surface area contributed by atoms with E-state index in [0.29, 0.717) is 18.0 Å². The van der Waals surface area contributed by atoms with Crippen LogP contribution in [0.5, 0.6) is 5.75 Å². The van der Waals surface area contributed by atoms with Crippen molar-refractivity contribution in [1.29, 1.82) is 0 Å². The van der Waals surface area contributed by atoms with Crippen molar-refractivity contribution in [1.82, 2.24) is 5.32 Å². The van der Waals surface area contributed by atoms with E-state index in [9.17, 15) is 14.7 Å². The quantitative estimate of drug-likeness (QED) is 0.663. The van der Waals surface area contributed by atoms with Gasteiger partial charge in [0, 0.05) is 18.2 Å². The van der Waals surface area contributed by atoms with E-state index in [-0.39, 0.29) is 17.2 Å². The third kappa shape index (κ3) is 4.46. The molecule has 1 aromatic carbocycles. The number of carbonyl (C=O) groups is 2. The fourth-order valence-electron chi connectivity index (χ4n) is 2.52. The summed E-state index contributed by atoms with van der Waals surface area (Å²) in [7, 11) is 0. The molecule has 0 spiro atoms. The molecule has 0 bridgehead atoms. The van der Waals surface area contributed by atoms with Crippen molar-refractivity contribution < 1.29 is 19.8 Å². The second kappa shape index (κ2) is 7.08. The van der Waals surface area contributed by atoms with Crippen LogP contribution in [0.4, 0.5) is 5.69 Å². The van der Waals surface area contributed by atoms with Gasteiger partial charge >= 0.3 is 5.97 Å². The van der Waals surface area contributed by atoms with Gasteiger partial charge in [-0.3, -0.25) is 4.79 Å². The van der Waals surface area contributed by atoms with Crippen molar-refractivity contribution in [3.8, 4) is 5.75 Å². The molecule has 21 heavy (non-hydrogen) atoms. The van der Waals surface area contributed by atoms with Crippen molar-refractivity contribution in [2.24, 2.45) is 5.92 Å². The zero-order chi connectivity index (χ0) is 15.2. The minimum absolute atomic E-state index is 0.115. The lowest BCUT2D eigenvalue weighted by Gasteiger charge is -2.22. The van der Waals surface area contributed by atoms with E-state index >= 15 is 0 Å². The highest BCUT2D eigenvalue weighted by atomic mass is 16.4. The summed E-state index contributed by atoms with van der Waals surface area (Å²) in [6, 6.07) is 4.01. The van der Waals surface area contributed by atoms with Gasteiger partial charge in [-0.1, -0.05) is 0 Å². The predicted octanol–water partition coefficient (Wildman–Crippen LogP) is 1.81. The summed E-state index contributed by atoms with van der Waals surface area (Å²) in [5.74, 6) is -1.08. The van der Waals surface area contributed by atoms with Gasteiger partial charge < -0.3 is 20.8 Å². The number of carboxylic acids is 1. The average Bonchev–Trinajstić information content (AvgIpc) is 2.46. The Labute approximate surface area is 123 Å². The minimum atomic E-state index is -1.20. The molecule has 1 aliphatic rings. The Balaban J connectivity index is 1.84. The van der Waals surface area contributed by atoms with Crippen molar-refractivity contribution in [3.63, 3.8) is 0 Å². The van der Waals surface area contributed by atoms with Crippen LogP contribution in [0.3, 0.4) is 0 Å². The topological polar surface area (TPSA) is 98.7 Å². The number of anilines is 1. The molecule has 1 saturated heterocycles. The Morgan fingerprint density at radius 2 is 2.00 bits per heavy atom. The molecule has 4 N–H and O–H groups in total. The van der Waals surface area contributed by atoms with E-state index in [1.54, 1.807) is 0 Å². The third-order valence-electron chi connectivity index (χ3n) is 3.75. The van der Waals surface area contributed by atoms with Crippen molar-refractivity contribution in [2.45, 2.75) is 25.7 Å². The smallest absolute Gasteiger partial charge is 0.339 e. The van der Waals surface area contributed by atoms with Crippen molar-refractivity contribution >= 4 is 17.6 Å². The summed E-state index contributed by atoms with van der Waals surface area (Å²) in [6.07, 6.45) is 3.49. The normalized spacial score (nSPS) is 15.6. The summed E-state index contributed by atoms with van der Waals surface area (Å²) < 4.78 is 0. The van der Waals surface area contributed by atoms with Gasteiger partial charge in [0.1, 0.15) is 11.3 Å². The summed E-state index contributed by atoms with van der Waals surface area (Å²) in [6.45, 7) is 2.02. The molecule has 0 aromatic heterocycles. The fraction of sp³-hybridized carbons (Fsp3) is 0.467. The number of piperidine rings is 1. The van der Waals surface area contributed by atoms with Gasteiger partial charge in [-0.05, 0) is 50.4 Å². The number of hydrogen-bond donors (Lipinski definition) is 4. The SMILES string of the molecule is O=C(CCC1CCNCC1)Nc1ccc(C(=O)O)c(O)c1. The Kier molecular flexibility index (Phi) is 5.16. The van der Waals surface area contributed by atoms with Crippen LogP contribution in [-0.4, -0.2) is 35.2 Å². The molecule has 6 heteroatoms. The summed E-state index contributed by atoms with van der Waals surface area (Å²) in [4.78, 5) is 22.6. The molecule has 1 heterocycles. The Bertz CT molecular complexity index is 524. The van der Waals surface area contributed by atoms with E-state index in [0.717, 1.165) is 32.4 Å². The molecular weight excluding hydrogens is 272 g/mol. The first-order valence-corrected chi connectivity index (χ1v) is 7.13. The largest absolute Gasteiger partial charge is 0.507 e. The number of aromatic carboxylic acids is 1. The van der Waals surface area contributed by atoms with E-state index < -0.39 is 5.97 Å². The number of phenols is 1. The first-order valence-electron chi connectivity index (χ1n) is 7.13. The third-order valence-corrected chi connectivity index (χ3v) is 3.75. The Hall–Kier alpha value is -2.08. The highest BCUT2D eigenvalue weighted by Crippen LogP contribution is 2.23. The van der Waals surface area contributed by atoms with Crippen LogP contribution in [0.25, 0.3) is 0 Å². The summed E-state index contributed by atoms with van der Waals surface area (Å²) >= 11 is 0. The lowest BCUT2D eigenvalue weighted by atomic mass is 9.93. The highest BCUT2D eigenvalue weighted by molar-refractivity contribution is 5.94. The maximum atomic E-state index is 11.9. The molecule has 1 aromatic rings. The van der Waals surface area contributed by atoms with Gasteiger partial charge in [-0.2, -0.15) is 0 Å². The number of amides is 1. The van der Waals surface area contributed by atoms with Crippen LogP contribution in [-0.2, 0) is 4.79 Å². The number of nitrogens with one attached hydrogen (secondary N) is 2. The second-order valence-corrected chi connectivity index (χ2v) is 5.32. The zero-order valence-electron chi connectivity index (χ0n) is 11.8. The molecule has 6 nitrogen and oxygen atoms in total. The predicted molar refractivity (Wildman–Crippen MR) is 78.5 cm³/mol. The maximum Gasteiger partial charge on any atom is 0.339 e. The van der Waals surface area contributed by atoms with Crippen LogP contribution in [0.1, 0.15) is 36.0 Å². The molecule has 1 amide bonds. The first-order chi connectivity index (χ1) is 10.1. The van der Waals surface area contributed by atoms with Crippen molar-refractivity contribution in [2.75, 3.05) is 18.4 Å². The summed E-state index contributed by atoms with van der Waals surface area (Å²) in [5, 5.41) is 24.4. The van der Waals surface area contributed by atoms with E-state index in [4.69, 9.17) is 5.11 Å². The molecule has 1 fully saturated rings. The van der Waals surface area contributed by atoms with Crippen LogP contribution in [0.15, 0.2) is 18.2 Å². The van der Waals surface area contributed by atoms with Gasteiger partial charge in [-0.15, -0.1) is 0 Å². The fourth-order valence-corrected chi connectivity index (χ4v) is 2.52. The summed E-state index contributed by atoms with van der Waals surface area (Å²) in [5.41, 5.74) is 0.232. The standard InChI is InChI=1S/C15H20N2O4/c18-13-9-11(2-3-12(13)15(20)21)17-14(19)4-1-10-5-7-16-8-6-10/h2-3,9-10,16,18H,1,4-8H2,(H,17,19)(H,20,21). The number of aromatic hydroxyl groups is 1. The Morgan fingerprint density at radius 1 is 1.29 bits per heavy atom. The molecule has 1 aliphatic heterocycles. The lowest BCUT2D eigenvalue weighted by Crippen LogP contribution is -2.28. The average molecular weight is 292 g/mol. The second-order valence-electron chi connectivity index (χ2n) is 5.32. The number of carboxylic acid groups (broad SMARTS) is 1. The lowest BCUT2D eigenvalue weighted by molar-refractivity contribution is -0.116. The molecule has 0 atom stereocenters. The zero-order valence-corrected chi connectivity index (χ0v) is 11.8. The van der Waals surface area contributed by atoms with Gasteiger partial charge in [-0.25, -0.2) is 4.79 Å². The Morgan fingerprint density at radius 3 is 2.62 bits per heavy atom. The van der Waals surface area contributed by atoms with Crippen molar-refractivity contribution in [3.05, 3.63) is 23.8 Å². The number of carbonyl (C=O) groups excluding carboxylic acids is 1. The van der Waals surface area contributed by atoms with Gasteiger partial charge in [0.05, 0.1) is 0 Å². The van der Waals surface area contributed by atoms with Gasteiger partial charge in [0.2, 0.25) is 5.91 Å². The van der Waals surface area contributed by atoms with E-state index in [1.807, 2.05) is 0 Å². The van der Waals surface area contributed by atoms with Crippen LogP contribution >= 0.6 is 0 Å². The number of rotatable bonds is 5. The molecule has 0 radical (unpaired) electrons. The van der Waals surface area contributed by atoms with Gasteiger partial charge in [0.25, 0.3) is 0 Å². The molecule has 114 valence electrons. The molecular formula is C15H20N2O4.